The summed E-state index contributed by atoms with van der Waals surface area (Å²) in [6.07, 6.45) is 4.63. The number of unbranched alkanes of at least 4 members (excludes halogenated alkanes) is 3. The molecule has 6 heteroatoms. The van der Waals surface area contributed by atoms with Gasteiger partial charge in [0.1, 0.15) is 11.2 Å². The Morgan fingerprint density at radius 2 is 1.89 bits per heavy atom. The molecule has 4 nitrogen and oxygen atoms in total. The van der Waals surface area contributed by atoms with Crippen LogP contribution >= 0.6 is 11.8 Å². The van der Waals surface area contributed by atoms with E-state index in [1.165, 1.54) is 22.7 Å². The van der Waals surface area contributed by atoms with E-state index in [4.69, 9.17) is 0 Å². The first-order valence-corrected chi connectivity index (χ1v) is 10.7. The average molecular weight is 401 g/mol. The number of carbonyl (C=O) groups excluding carboxylic acids is 2. The number of hydrogen-bond donors (Lipinski definition) is 1. The highest BCUT2D eigenvalue weighted by Gasteiger charge is 2.36. The van der Waals surface area contributed by atoms with Crippen molar-refractivity contribution in [1.82, 2.24) is 0 Å². The molecule has 1 N–H and O–H groups in total. The highest BCUT2D eigenvalue weighted by atomic mass is 32.2. The van der Waals surface area contributed by atoms with Crippen LogP contribution in [0.4, 0.5) is 15.8 Å². The number of hydrogen-bond acceptors (Lipinski definition) is 3. The maximum absolute atomic E-state index is 14.3. The summed E-state index contributed by atoms with van der Waals surface area (Å²) in [5.41, 5.74) is 1.75. The van der Waals surface area contributed by atoms with Crippen LogP contribution in [0.2, 0.25) is 0 Å². The van der Waals surface area contributed by atoms with Crippen molar-refractivity contribution in [2.24, 2.45) is 0 Å². The van der Waals surface area contributed by atoms with Gasteiger partial charge in [-0.3, -0.25) is 14.5 Å². The second-order valence-corrected chi connectivity index (χ2v) is 7.89. The summed E-state index contributed by atoms with van der Waals surface area (Å²) in [5.74, 6) is -0.324. The SMILES string of the molecule is CCCCCCC(=O)Nc1ccccc1[C@H]1SCC(=O)N1c1ccccc1F. The second kappa shape index (κ2) is 9.73. The summed E-state index contributed by atoms with van der Waals surface area (Å²) >= 11 is 1.44. The molecule has 0 unspecified atom stereocenters. The normalized spacial score (nSPS) is 16.4. The van der Waals surface area contributed by atoms with Crippen molar-refractivity contribution >= 4 is 35.0 Å². The molecule has 0 aliphatic carbocycles. The van der Waals surface area contributed by atoms with Crippen LogP contribution in [0.1, 0.15) is 50.0 Å². The molecular weight excluding hydrogens is 375 g/mol. The molecule has 0 aromatic heterocycles. The van der Waals surface area contributed by atoms with Gasteiger partial charge in [0.25, 0.3) is 0 Å². The van der Waals surface area contributed by atoms with Gasteiger partial charge in [0.2, 0.25) is 11.8 Å². The van der Waals surface area contributed by atoms with Gasteiger partial charge in [-0.15, -0.1) is 11.8 Å². The van der Waals surface area contributed by atoms with Gasteiger partial charge in [-0.05, 0) is 24.6 Å². The minimum Gasteiger partial charge on any atom is -0.326 e. The Labute approximate surface area is 169 Å². The molecule has 1 atom stereocenters. The van der Waals surface area contributed by atoms with Crippen molar-refractivity contribution in [3.8, 4) is 0 Å². The standard InChI is InChI=1S/C22H25FN2O2S/c1-2-3-4-5-14-20(26)24-18-12-8-6-10-16(18)22-25(21(27)15-28-22)19-13-9-7-11-17(19)23/h6-13,22H,2-5,14-15H2,1H3,(H,24,26)/t22-/m1/s1. The number of carbonyl (C=O) groups is 2. The molecule has 148 valence electrons. The van der Waals surface area contributed by atoms with Crippen LogP contribution in [0.15, 0.2) is 48.5 Å². The van der Waals surface area contributed by atoms with Gasteiger partial charge in [0.05, 0.1) is 11.4 Å². The molecular formula is C22H25FN2O2S. The molecule has 0 spiro atoms. The van der Waals surface area contributed by atoms with Crippen LogP contribution in [0.3, 0.4) is 0 Å². The number of amides is 2. The summed E-state index contributed by atoms with van der Waals surface area (Å²) in [6, 6.07) is 13.7. The van der Waals surface area contributed by atoms with E-state index in [9.17, 15) is 14.0 Å². The lowest BCUT2D eigenvalue weighted by molar-refractivity contribution is -0.116. The van der Waals surface area contributed by atoms with Crippen LogP contribution in [0.5, 0.6) is 0 Å². The quantitative estimate of drug-likeness (QED) is 0.594. The van der Waals surface area contributed by atoms with E-state index in [1.54, 1.807) is 18.2 Å². The largest absolute Gasteiger partial charge is 0.326 e. The van der Waals surface area contributed by atoms with Crippen molar-refractivity contribution in [2.75, 3.05) is 16.0 Å². The Kier molecular flexibility index (Phi) is 7.09. The van der Waals surface area contributed by atoms with E-state index in [2.05, 4.69) is 12.2 Å². The lowest BCUT2D eigenvalue weighted by Crippen LogP contribution is -2.29. The predicted molar refractivity (Wildman–Crippen MR) is 113 cm³/mol. The summed E-state index contributed by atoms with van der Waals surface area (Å²) in [4.78, 5) is 26.3. The fourth-order valence-electron chi connectivity index (χ4n) is 3.31. The molecule has 3 rings (SSSR count). The van der Waals surface area contributed by atoms with Gasteiger partial charge in [0, 0.05) is 17.7 Å². The zero-order valence-corrected chi connectivity index (χ0v) is 16.8. The Balaban J connectivity index is 1.80. The van der Waals surface area contributed by atoms with E-state index in [0.717, 1.165) is 31.2 Å². The number of benzene rings is 2. The van der Waals surface area contributed by atoms with E-state index < -0.39 is 5.82 Å². The van der Waals surface area contributed by atoms with Crippen LogP contribution < -0.4 is 10.2 Å². The van der Waals surface area contributed by atoms with Crippen LogP contribution in [0, 0.1) is 5.82 Å². The third kappa shape index (κ3) is 4.73. The molecule has 1 aliphatic heterocycles. The first-order chi connectivity index (χ1) is 13.6. The first kappa shape index (κ1) is 20.4. The number of nitrogens with zero attached hydrogens (tertiary/aromatic N) is 1. The van der Waals surface area contributed by atoms with Gasteiger partial charge in [-0.25, -0.2) is 4.39 Å². The Bertz CT molecular complexity index is 843. The Morgan fingerprint density at radius 3 is 2.68 bits per heavy atom. The van der Waals surface area contributed by atoms with Crippen molar-refractivity contribution in [3.63, 3.8) is 0 Å². The lowest BCUT2D eigenvalue weighted by atomic mass is 10.1. The molecule has 2 aromatic rings. The maximum Gasteiger partial charge on any atom is 0.238 e. The molecule has 1 saturated heterocycles. The zero-order valence-electron chi connectivity index (χ0n) is 16.0. The number of para-hydroxylation sites is 2. The van der Waals surface area contributed by atoms with E-state index in [0.29, 0.717) is 12.1 Å². The highest BCUT2D eigenvalue weighted by molar-refractivity contribution is 8.00. The molecule has 1 heterocycles. The van der Waals surface area contributed by atoms with Crippen LogP contribution in [-0.2, 0) is 9.59 Å². The van der Waals surface area contributed by atoms with Gasteiger partial charge in [0.15, 0.2) is 0 Å². The summed E-state index contributed by atoms with van der Waals surface area (Å²) < 4.78 is 14.3. The third-order valence-corrected chi connectivity index (χ3v) is 5.93. The van der Waals surface area contributed by atoms with E-state index >= 15 is 0 Å². The number of rotatable bonds is 8. The van der Waals surface area contributed by atoms with E-state index in [1.807, 2.05) is 24.3 Å². The van der Waals surface area contributed by atoms with Crippen molar-refractivity contribution in [1.29, 1.82) is 0 Å². The Morgan fingerprint density at radius 1 is 1.14 bits per heavy atom. The molecule has 0 bridgehead atoms. The number of nitrogens with one attached hydrogen (secondary N) is 1. The first-order valence-electron chi connectivity index (χ1n) is 9.68. The number of thioether (sulfide) groups is 1. The minimum atomic E-state index is -0.430. The smallest absolute Gasteiger partial charge is 0.238 e. The molecule has 0 saturated carbocycles. The average Bonchev–Trinajstić information content (AvgIpc) is 3.07. The minimum absolute atomic E-state index is 0.0321. The summed E-state index contributed by atoms with van der Waals surface area (Å²) in [5, 5.41) is 2.61. The fourth-order valence-corrected chi connectivity index (χ4v) is 4.52. The van der Waals surface area contributed by atoms with Crippen LogP contribution in [-0.4, -0.2) is 17.6 Å². The highest BCUT2D eigenvalue weighted by Crippen LogP contribution is 2.44. The molecule has 28 heavy (non-hydrogen) atoms. The molecule has 1 aliphatic rings. The number of halogens is 1. The van der Waals surface area contributed by atoms with E-state index in [-0.39, 0.29) is 28.6 Å². The van der Waals surface area contributed by atoms with Gasteiger partial charge < -0.3 is 5.32 Å². The number of anilines is 2. The summed E-state index contributed by atoms with van der Waals surface area (Å²) in [7, 11) is 0. The molecule has 1 fully saturated rings. The predicted octanol–water partition coefficient (Wildman–Crippen LogP) is 5.51. The van der Waals surface area contributed by atoms with Gasteiger partial charge in [-0.2, -0.15) is 0 Å². The second-order valence-electron chi connectivity index (χ2n) is 6.82. The summed E-state index contributed by atoms with van der Waals surface area (Å²) in [6.45, 7) is 2.14. The van der Waals surface area contributed by atoms with Crippen LogP contribution in [0.25, 0.3) is 0 Å². The Hall–Kier alpha value is -2.34. The molecule has 2 amide bonds. The maximum atomic E-state index is 14.3. The topological polar surface area (TPSA) is 49.4 Å². The monoisotopic (exact) mass is 400 g/mol. The lowest BCUT2D eigenvalue weighted by Gasteiger charge is -2.26. The van der Waals surface area contributed by atoms with Gasteiger partial charge in [-0.1, -0.05) is 56.5 Å². The molecule has 0 radical (unpaired) electrons. The molecule has 2 aromatic carbocycles. The zero-order chi connectivity index (χ0) is 19.9. The van der Waals surface area contributed by atoms with Crippen molar-refractivity contribution < 1.29 is 14.0 Å². The third-order valence-electron chi connectivity index (χ3n) is 4.74. The fraction of sp³-hybridized carbons (Fsp3) is 0.364. The van der Waals surface area contributed by atoms with Gasteiger partial charge >= 0.3 is 0 Å². The van der Waals surface area contributed by atoms with Crippen molar-refractivity contribution in [3.05, 3.63) is 59.9 Å². The van der Waals surface area contributed by atoms with Crippen molar-refractivity contribution in [2.45, 2.75) is 44.4 Å².